The van der Waals surface area contributed by atoms with Gasteiger partial charge in [0.05, 0.1) is 11.5 Å². The predicted molar refractivity (Wildman–Crippen MR) is 139 cm³/mol. The number of aromatic amines is 2. The lowest BCUT2D eigenvalue weighted by Crippen LogP contribution is -2.05. The van der Waals surface area contributed by atoms with Crippen molar-refractivity contribution >= 4 is 16.9 Å². The normalized spacial score (nSPS) is 17.4. The molecule has 198 valence electrons. The van der Waals surface area contributed by atoms with E-state index >= 15 is 4.39 Å². The molecule has 0 aliphatic heterocycles. The molecule has 0 amide bonds. The maximum atomic E-state index is 15.4. The third-order valence-corrected chi connectivity index (χ3v) is 7.52. The Bertz CT molecular complexity index is 1740. The Morgan fingerprint density at radius 3 is 2.72 bits per heavy atom. The van der Waals surface area contributed by atoms with Crippen molar-refractivity contribution in [3.05, 3.63) is 101 Å². The highest BCUT2D eigenvalue weighted by atomic mass is 19.1. The number of H-pyrrole nitrogens is 2. The van der Waals surface area contributed by atoms with E-state index in [2.05, 4.69) is 15.0 Å². The van der Waals surface area contributed by atoms with Crippen molar-refractivity contribution in [2.45, 2.75) is 32.1 Å². The summed E-state index contributed by atoms with van der Waals surface area (Å²) in [5.41, 5.74) is 2.71. The van der Waals surface area contributed by atoms with Crippen LogP contribution >= 0.6 is 0 Å². The van der Waals surface area contributed by atoms with Gasteiger partial charge in [-0.2, -0.15) is 0 Å². The summed E-state index contributed by atoms with van der Waals surface area (Å²) < 4.78 is 50.9. The molecule has 3 aromatic carbocycles. The molecule has 1 saturated carbocycles. The summed E-state index contributed by atoms with van der Waals surface area (Å²) in [5, 5.41) is 10.0. The lowest BCUT2D eigenvalue weighted by molar-refractivity contribution is -0.138. The molecule has 9 heteroatoms. The molecule has 0 radical (unpaired) electrons. The fourth-order valence-corrected chi connectivity index (χ4v) is 5.18. The summed E-state index contributed by atoms with van der Waals surface area (Å²) in [6, 6.07) is 12.2. The number of imidazole rings is 1. The average molecular weight is 532 g/mol. The molecule has 6 nitrogen and oxygen atoms in total. The van der Waals surface area contributed by atoms with Crippen LogP contribution in [0.15, 0.2) is 60.9 Å². The van der Waals surface area contributed by atoms with Crippen LogP contribution in [0, 0.1) is 30.3 Å². The number of carbonyl (C=O) groups is 1. The Kier molecular flexibility index (Phi) is 5.94. The molecule has 3 atom stereocenters. The van der Waals surface area contributed by atoms with E-state index in [0.29, 0.717) is 34.3 Å². The van der Waals surface area contributed by atoms with Gasteiger partial charge in [-0.25, -0.2) is 18.2 Å². The SMILES string of the molecule is Cc1c(Oc2ccc(F)c(-c3ncc(C(C)c4cccc([C@@H]5C[C@@H]5C(=O)O)c4F)[nH]3)c2)c(F)cc2[nH]ccc12. The molecule has 39 heavy (non-hydrogen) atoms. The summed E-state index contributed by atoms with van der Waals surface area (Å²) in [6.07, 6.45) is 3.64. The molecule has 1 unspecified atom stereocenters. The minimum Gasteiger partial charge on any atom is -0.481 e. The van der Waals surface area contributed by atoms with Gasteiger partial charge >= 0.3 is 5.97 Å². The van der Waals surface area contributed by atoms with Gasteiger partial charge in [-0.1, -0.05) is 25.1 Å². The van der Waals surface area contributed by atoms with Crippen LogP contribution in [0.3, 0.4) is 0 Å². The molecule has 2 heterocycles. The molecule has 2 aromatic heterocycles. The van der Waals surface area contributed by atoms with Crippen LogP contribution in [-0.4, -0.2) is 26.0 Å². The molecule has 5 aromatic rings. The Labute approximate surface area is 221 Å². The predicted octanol–water partition coefficient (Wildman–Crippen LogP) is 7.42. The van der Waals surface area contributed by atoms with Crippen LogP contribution < -0.4 is 4.74 Å². The lowest BCUT2D eigenvalue weighted by atomic mass is 9.94. The number of fused-ring (bicyclic) bond motifs is 1. The monoisotopic (exact) mass is 531 g/mol. The number of ether oxygens (including phenoxy) is 1. The zero-order valence-corrected chi connectivity index (χ0v) is 21.1. The molecule has 0 bridgehead atoms. The van der Waals surface area contributed by atoms with Gasteiger partial charge in [0.15, 0.2) is 11.6 Å². The Morgan fingerprint density at radius 1 is 1.13 bits per heavy atom. The summed E-state index contributed by atoms with van der Waals surface area (Å²) in [4.78, 5) is 21.6. The second-order valence-corrected chi connectivity index (χ2v) is 9.94. The van der Waals surface area contributed by atoms with Crippen molar-refractivity contribution in [1.29, 1.82) is 0 Å². The third-order valence-electron chi connectivity index (χ3n) is 7.52. The molecular weight excluding hydrogens is 507 g/mol. The zero-order chi connectivity index (χ0) is 27.4. The first-order valence-corrected chi connectivity index (χ1v) is 12.5. The van der Waals surface area contributed by atoms with Gasteiger partial charge in [0, 0.05) is 52.5 Å². The molecule has 3 N–H and O–H groups in total. The minimum absolute atomic E-state index is 0.0459. The number of aliphatic carboxylic acids is 1. The van der Waals surface area contributed by atoms with Crippen molar-refractivity contribution in [2.24, 2.45) is 5.92 Å². The molecule has 0 saturated heterocycles. The first-order valence-electron chi connectivity index (χ1n) is 12.5. The largest absolute Gasteiger partial charge is 0.481 e. The number of carboxylic acid groups (broad SMARTS) is 1. The molecular formula is C30H24F3N3O3. The van der Waals surface area contributed by atoms with Crippen LogP contribution in [0.4, 0.5) is 13.2 Å². The molecule has 1 aliphatic rings. The van der Waals surface area contributed by atoms with Crippen LogP contribution in [0.2, 0.25) is 0 Å². The van der Waals surface area contributed by atoms with Crippen LogP contribution in [-0.2, 0) is 4.79 Å². The van der Waals surface area contributed by atoms with Crippen molar-refractivity contribution in [2.75, 3.05) is 0 Å². The molecule has 6 rings (SSSR count). The van der Waals surface area contributed by atoms with Gasteiger partial charge in [-0.15, -0.1) is 0 Å². The first-order chi connectivity index (χ1) is 18.7. The van der Waals surface area contributed by atoms with E-state index in [0.717, 1.165) is 5.39 Å². The Morgan fingerprint density at radius 2 is 1.95 bits per heavy atom. The van der Waals surface area contributed by atoms with Crippen molar-refractivity contribution in [3.63, 3.8) is 0 Å². The van der Waals surface area contributed by atoms with Crippen LogP contribution in [0.5, 0.6) is 11.5 Å². The first kappa shape index (κ1) is 24.8. The van der Waals surface area contributed by atoms with Gasteiger partial charge in [0.2, 0.25) is 0 Å². The maximum absolute atomic E-state index is 15.4. The van der Waals surface area contributed by atoms with Gasteiger partial charge in [0.1, 0.15) is 23.2 Å². The number of benzene rings is 3. The van der Waals surface area contributed by atoms with Crippen LogP contribution in [0.25, 0.3) is 22.3 Å². The fourth-order valence-electron chi connectivity index (χ4n) is 5.18. The summed E-state index contributed by atoms with van der Waals surface area (Å²) in [5.74, 6) is -3.35. The standard InChI is InChI=1S/C30H24F3N3O3/c1-14(18-4-3-5-19(27(18)33)20-11-21(20)30(37)38)26-13-35-29(36-26)22-10-16(6-7-23(22)31)39-28-15(2)17-8-9-34-25(17)12-24(28)32/h3-10,12-14,20-21,34H,11H2,1-2H3,(H,35,36)(H,37,38)/t14?,20-,21-/m0/s1. The Balaban J connectivity index is 1.28. The Hall–Kier alpha value is -4.53. The van der Waals surface area contributed by atoms with Crippen molar-refractivity contribution in [3.8, 4) is 22.9 Å². The third kappa shape index (κ3) is 4.33. The van der Waals surface area contributed by atoms with E-state index in [-0.39, 0.29) is 28.8 Å². The fraction of sp³-hybridized carbons (Fsp3) is 0.200. The highest BCUT2D eigenvalue weighted by Gasteiger charge is 2.45. The van der Waals surface area contributed by atoms with Gasteiger partial charge < -0.3 is 19.8 Å². The number of aromatic nitrogens is 3. The van der Waals surface area contributed by atoms with Crippen LogP contribution in [0.1, 0.15) is 47.6 Å². The second kappa shape index (κ2) is 9.34. The maximum Gasteiger partial charge on any atom is 0.307 e. The minimum atomic E-state index is -0.924. The van der Waals surface area contributed by atoms with E-state index in [1.54, 1.807) is 38.2 Å². The number of halogens is 3. The smallest absolute Gasteiger partial charge is 0.307 e. The number of hydrogen-bond acceptors (Lipinski definition) is 3. The number of nitrogens with one attached hydrogen (secondary N) is 2. The van der Waals surface area contributed by atoms with Crippen molar-refractivity contribution < 1.29 is 27.8 Å². The number of rotatable bonds is 7. The number of nitrogens with zero attached hydrogens (tertiary/aromatic N) is 1. The second-order valence-electron chi connectivity index (χ2n) is 9.94. The van der Waals surface area contributed by atoms with E-state index < -0.39 is 35.3 Å². The molecule has 1 aliphatic carbocycles. The summed E-state index contributed by atoms with van der Waals surface area (Å²) in [7, 11) is 0. The summed E-state index contributed by atoms with van der Waals surface area (Å²) in [6.45, 7) is 3.54. The van der Waals surface area contributed by atoms with E-state index in [1.165, 1.54) is 30.5 Å². The average Bonchev–Trinajstić information content (AvgIpc) is 3.31. The molecule has 1 fully saturated rings. The van der Waals surface area contributed by atoms with Gasteiger partial charge in [-0.3, -0.25) is 4.79 Å². The zero-order valence-electron chi connectivity index (χ0n) is 21.1. The van der Waals surface area contributed by atoms with Gasteiger partial charge in [0.25, 0.3) is 0 Å². The quantitative estimate of drug-likeness (QED) is 0.204. The lowest BCUT2D eigenvalue weighted by Gasteiger charge is -2.14. The highest BCUT2D eigenvalue weighted by Crippen LogP contribution is 2.49. The number of carboxylic acids is 1. The number of hydrogen-bond donors (Lipinski definition) is 3. The number of aryl methyl sites for hydroxylation is 1. The van der Waals surface area contributed by atoms with Crippen molar-refractivity contribution in [1.82, 2.24) is 15.0 Å². The topological polar surface area (TPSA) is 91.0 Å². The molecule has 0 spiro atoms. The van der Waals surface area contributed by atoms with E-state index in [9.17, 15) is 18.7 Å². The highest BCUT2D eigenvalue weighted by molar-refractivity contribution is 5.85. The van der Waals surface area contributed by atoms with E-state index in [1.807, 2.05) is 6.07 Å². The van der Waals surface area contributed by atoms with E-state index in [4.69, 9.17) is 4.74 Å². The summed E-state index contributed by atoms with van der Waals surface area (Å²) >= 11 is 0. The van der Waals surface area contributed by atoms with Gasteiger partial charge in [-0.05, 0) is 48.7 Å².